The Morgan fingerprint density at radius 2 is 2.25 bits per heavy atom. The van der Waals surface area contributed by atoms with E-state index in [0.717, 1.165) is 6.07 Å². The van der Waals surface area contributed by atoms with E-state index in [9.17, 15) is 19.3 Å². The summed E-state index contributed by atoms with van der Waals surface area (Å²) in [5, 5.41) is 18.9. The van der Waals surface area contributed by atoms with E-state index in [1.54, 1.807) is 0 Å². The number of rotatable bonds is 4. The van der Waals surface area contributed by atoms with Crippen LogP contribution in [0.4, 0.5) is 10.1 Å². The van der Waals surface area contributed by atoms with Crippen LogP contribution in [0.2, 0.25) is 0 Å². The number of carbonyl (C=O) groups is 1. The van der Waals surface area contributed by atoms with Crippen molar-refractivity contribution in [2.75, 3.05) is 6.61 Å². The van der Waals surface area contributed by atoms with E-state index in [1.807, 2.05) is 0 Å². The van der Waals surface area contributed by atoms with Crippen LogP contribution in [-0.2, 0) is 4.79 Å². The van der Waals surface area contributed by atoms with Crippen LogP contribution in [0.1, 0.15) is 0 Å². The Balaban J connectivity index is 3.14. The fraction of sp³-hybridized carbons (Fsp3) is 0.125. The van der Waals surface area contributed by atoms with Crippen LogP contribution in [0.3, 0.4) is 0 Å². The Kier molecular flexibility index (Phi) is 3.78. The topological polar surface area (TPSA) is 89.7 Å². The van der Waals surface area contributed by atoms with Gasteiger partial charge in [0.1, 0.15) is 5.82 Å². The number of hydrogen-bond acceptors (Lipinski definition) is 4. The van der Waals surface area contributed by atoms with Crippen LogP contribution in [0.25, 0.3) is 0 Å². The highest BCUT2D eigenvalue weighted by Gasteiger charge is 2.21. The van der Waals surface area contributed by atoms with E-state index in [-0.39, 0.29) is 10.2 Å². The van der Waals surface area contributed by atoms with Crippen LogP contribution in [0.5, 0.6) is 5.75 Å². The van der Waals surface area contributed by atoms with Gasteiger partial charge in [0.2, 0.25) is 5.75 Å². The molecule has 0 aliphatic rings. The summed E-state index contributed by atoms with van der Waals surface area (Å²) in [6, 6.07) is 1.60. The number of nitro benzene ring substituents is 1. The molecule has 1 rings (SSSR count). The maximum absolute atomic E-state index is 12.9. The molecule has 0 aromatic heterocycles. The van der Waals surface area contributed by atoms with Crippen LogP contribution >= 0.6 is 15.9 Å². The molecule has 0 spiro atoms. The largest absolute Gasteiger partial charge is 0.479 e. The Morgan fingerprint density at radius 3 is 2.75 bits per heavy atom. The molecule has 0 amide bonds. The van der Waals surface area contributed by atoms with Crippen LogP contribution in [0.15, 0.2) is 16.6 Å². The van der Waals surface area contributed by atoms with Gasteiger partial charge in [-0.15, -0.1) is 0 Å². The number of halogens is 2. The fourth-order valence-electron chi connectivity index (χ4n) is 0.959. The summed E-state index contributed by atoms with van der Waals surface area (Å²) in [4.78, 5) is 20.0. The summed E-state index contributed by atoms with van der Waals surface area (Å²) in [6.45, 7) is -0.745. The van der Waals surface area contributed by atoms with Crippen molar-refractivity contribution < 1.29 is 24.0 Å². The summed E-state index contributed by atoms with van der Waals surface area (Å²) in [7, 11) is 0. The van der Waals surface area contributed by atoms with Crippen molar-refractivity contribution >= 4 is 27.6 Å². The second-order valence-electron chi connectivity index (χ2n) is 2.68. The minimum absolute atomic E-state index is 0.0135. The first-order valence-electron chi connectivity index (χ1n) is 3.90. The highest BCUT2D eigenvalue weighted by molar-refractivity contribution is 9.10. The summed E-state index contributed by atoms with van der Waals surface area (Å²) >= 11 is 2.85. The molecule has 0 aliphatic carbocycles. The van der Waals surface area contributed by atoms with Gasteiger partial charge in [-0.25, -0.2) is 9.18 Å². The number of hydrogen-bond donors (Lipinski definition) is 1. The first-order valence-corrected chi connectivity index (χ1v) is 4.69. The zero-order chi connectivity index (χ0) is 12.3. The van der Waals surface area contributed by atoms with Gasteiger partial charge >= 0.3 is 11.7 Å². The zero-order valence-electron chi connectivity index (χ0n) is 7.65. The highest BCUT2D eigenvalue weighted by Crippen LogP contribution is 2.35. The predicted molar refractivity (Wildman–Crippen MR) is 53.9 cm³/mol. The molecule has 0 bridgehead atoms. The molecule has 86 valence electrons. The molecule has 0 unspecified atom stereocenters. The Morgan fingerprint density at radius 1 is 1.62 bits per heavy atom. The molecular weight excluding hydrogens is 289 g/mol. The molecule has 0 radical (unpaired) electrons. The van der Waals surface area contributed by atoms with E-state index in [2.05, 4.69) is 15.9 Å². The van der Waals surface area contributed by atoms with Crippen molar-refractivity contribution in [3.05, 3.63) is 32.5 Å². The minimum Gasteiger partial charge on any atom is -0.479 e. The molecule has 0 saturated carbocycles. The lowest BCUT2D eigenvalue weighted by atomic mass is 10.3. The summed E-state index contributed by atoms with van der Waals surface area (Å²) in [5.41, 5.74) is -0.631. The number of carboxylic acid groups (broad SMARTS) is 1. The van der Waals surface area contributed by atoms with Crippen LogP contribution < -0.4 is 4.74 Å². The van der Waals surface area contributed by atoms with Gasteiger partial charge in [-0.3, -0.25) is 10.1 Å². The van der Waals surface area contributed by atoms with Crippen molar-refractivity contribution in [1.29, 1.82) is 0 Å². The molecule has 0 saturated heterocycles. The van der Waals surface area contributed by atoms with Crippen molar-refractivity contribution in [2.45, 2.75) is 0 Å². The molecule has 8 heteroatoms. The standard InChI is InChI=1S/C8H5BrFNO5/c9-5-1-4(10)2-6(11(14)15)8(5)16-3-7(12)13/h1-2H,3H2,(H,12,13). The van der Waals surface area contributed by atoms with Gasteiger partial charge < -0.3 is 9.84 Å². The van der Waals surface area contributed by atoms with E-state index in [0.29, 0.717) is 6.07 Å². The lowest BCUT2D eigenvalue weighted by molar-refractivity contribution is -0.386. The van der Waals surface area contributed by atoms with Crippen LogP contribution in [0, 0.1) is 15.9 Å². The SMILES string of the molecule is O=C(O)COc1c(Br)cc(F)cc1[N+](=O)[O-]. The third-order valence-corrected chi connectivity index (χ3v) is 2.11. The molecule has 0 heterocycles. The fourth-order valence-corrected chi connectivity index (χ4v) is 1.50. The molecule has 16 heavy (non-hydrogen) atoms. The highest BCUT2D eigenvalue weighted by atomic mass is 79.9. The average molecular weight is 294 g/mol. The number of aliphatic carboxylic acids is 1. The zero-order valence-corrected chi connectivity index (χ0v) is 9.23. The van der Waals surface area contributed by atoms with Crippen molar-refractivity contribution in [3.63, 3.8) is 0 Å². The summed E-state index contributed by atoms with van der Waals surface area (Å²) < 4.78 is 17.5. The van der Waals surface area contributed by atoms with Gasteiger partial charge in [-0.1, -0.05) is 0 Å². The number of benzene rings is 1. The van der Waals surface area contributed by atoms with Crippen molar-refractivity contribution in [3.8, 4) is 5.75 Å². The maximum Gasteiger partial charge on any atom is 0.341 e. The lowest BCUT2D eigenvalue weighted by Crippen LogP contribution is -2.11. The van der Waals surface area contributed by atoms with Gasteiger partial charge in [0.05, 0.1) is 15.5 Å². The number of nitrogens with zero attached hydrogens (tertiary/aromatic N) is 1. The Labute approximate surface area is 96.9 Å². The summed E-state index contributed by atoms with van der Waals surface area (Å²) in [5.74, 6) is -2.42. The van der Waals surface area contributed by atoms with Crippen molar-refractivity contribution in [1.82, 2.24) is 0 Å². The van der Waals surface area contributed by atoms with E-state index in [4.69, 9.17) is 9.84 Å². The number of carboxylic acids is 1. The first kappa shape index (κ1) is 12.4. The second kappa shape index (κ2) is 4.88. The quantitative estimate of drug-likeness (QED) is 0.677. The van der Waals surface area contributed by atoms with Gasteiger partial charge in [0, 0.05) is 0 Å². The molecular formula is C8H5BrFNO5. The van der Waals surface area contributed by atoms with Crippen LogP contribution in [-0.4, -0.2) is 22.6 Å². The Hall–Kier alpha value is -1.70. The van der Waals surface area contributed by atoms with Gasteiger partial charge in [0.25, 0.3) is 0 Å². The third kappa shape index (κ3) is 2.89. The molecule has 1 aromatic carbocycles. The molecule has 0 atom stereocenters. The molecule has 1 aromatic rings. The van der Waals surface area contributed by atoms with E-state index in [1.165, 1.54) is 0 Å². The van der Waals surface area contributed by atoms with Gasteiger partial charge in [-0.05, 0) is 22.0 Å². The maximum atomic E-state index is 12.9. The number of nitro groups is 1. The predicted octanol–water partition coefficient (Wildman–Crippen LogP) is 1.96. The van der Waals surface area contributed by atoms with E-state index < -0.39 is 29.0 Å². The smallest absolute Gasteiger partial charge is 0.341 e. The van der Waals surface area contributed by atoms with E-state index >= 15 is 0 Å². The third-order valence-electron chi connectivity index (χ3n) is 1.53. The summed E-state index contributed by atoms with van der Waals surface area (Å²) in [6.07, 6.45) is 0. The Bertz CT molecular complexity index is 450. The molecule has 6 nitrogen and oxygen atoms in total. The normalized spacial score (nSPS) is 9.88. The average Bonchev–Trinajstić information content (AvgIpc) is 2.14. The molecule has 0 aliphatic heterocycles. The monoisotopic (exact) mass is 293 g/mol. The molecule has 1 N–H and O–H groups in total. The van der Waals surface area contributed by atoms with Gasteiger partial charge in [-0.2, -0.15) is 0 Å². The lowest BCUT2D eigenvalue weighted by Gasteiger charge is -2.06. The molecule has 0 fully saturated rings. The van der Waals surface area contributed by atoms with Crippen molar-refractivity contribution in [2.24, 2.45) is 0 Å². The first-order chi connectivity index (χ1) is 7.41. The van der Waals surface area contributed by atoms with Gasteiger partial charge in [0.15, 0.2) is 6.61 Å². The number of ether oxygens (including phenoxy) is 1. The second-order valence-corrected chi connectivity index (χ2v) is 3.53. The minimum atomic E-state index is -1.29.